The minimum Gasteiger partial charge on any atom is -0.355 e. The number of nitrogens with one attached hydrogen (secondary N) is 2. The highest BCUT2D eigenvalue weighted by molar-refractivity contribution is 7.84. The van der Waals surface area contributed by atoms with Gasteiger partial charge in [-0.25, -0.2) is 0 Å². The number of amides is 1. The van der Waals surface area contributed by atoms with Gasteiger partial charge in [0.05, 0.1) is 0 Å². The monoisotopic (exact) mass is 234 g/mol. The zero-order valence-electron chi connectivity index (χ0n) is 9.84. The Morgan fingerprint density at radius 3 is 2.53 bits per heavy atom. The molecule has 15 heavy (non-hydrogen) atoms. The minimum absolute atomic E-state index is 0.0472. The Morgan fingerprint density at radius 2 is 2.00 bits per heavy atom. The van der Waals surface area contributed by atoms with Crippen LogP contribution in [0.4, 0.5) is 0 Å². The summed E-state index contributed by atoms with van der Waals surface area (Å²) in [4.78, 5) is 11.2. The van der Waals surface area contributed by atoms with Gasteiger partial charge in [-0.2, -0.15) is 0 Å². The van der Waals surface area contributed by atoms with Crippen molar-refractivity contribution >= 4 is 16.7 Å². The third-order valence-electron chi connectivity index (χ3n) is 1.84. The van der Waals surface area contributed by atoms with E-state index in [-0.39, 0.29) is 5.91 Å². The van der Waals surface area contributed by atoms with E-state index in [0.717, 1.165) is 13.0 Å². The Morgan fingerprint density at radius 1 is 1.33 bits per heavy atom. The predicted molar refractivity (Wildman–Crippen MR) is 64.3 cm³/mol. The summed E-state index contributed by atoms with van der Waals surface area (Å²) in [5.74, 6) is 0.585. The molecule has 0 aromatic carbocycles. The molecular formula is C10H22N2O2S. The van der Waals surface area contributed by atoms with Crippen molar-refractivity contribution in [2.45, 2.75) is 32.7 Å². The molecule has 0 fully saturated rings. The molecule has 0 aromatic heterocycles. The Labute approximate surface area is 94.7 Å². The standard InChI is InChI=1S/C10H22N2O2S/c1-9(2)11-6-4-5-10(13)12-7-8-15(3)14/h9,11H,4-8H2,1-3H3,(H,12,13). The number of carbonyl (C=O) groups is 1. The Balaban J connectivity index is 3.30. The largest absolute Gasteiger partial charge is 0.355 e. The molecule has 0 aromatic rings. The topological polar surface area (TPSA) is 58.2 Å². The van der Waals surface area contributed by atoms with Crippen molar-refractivity contribution in [2.75, 3.05) is 25.1 Å². The predicted octanol–water partition coefficient (Wildman–Crippen LogP) is 0.259. The van der Waals surface area contributed by atoms with Crippen LogP contribution in [0.25, 0.3) is 0 Å². The lowest BCUT2D eigenvalue weighted by atomic mass is 10.3. The van der Waals surface area contributed by atoms with E-state index in [2.05, 4.69) is 24.5 Å². The van der Waals surface area contributed by atoms with Crippen molar-refractivity contribution in [3.63, 3.8) is 0 Å². The van der Waals surface area contributed by atoms with E-state index in [0.29, 0.717) is 24.8 Å². The maximum atomic E-state index is 11.2. The van der Waals surface area contributed by atoms with Crippen LogP contribution in [0.3, 0.4) is 0 Å². The number of rotatable bonds is 8. The number of hydrogen-bond donors (Lipinski definition) is 2. The molecule has 0 aliphatic rings. The summed E-state index contributed by atoms with van der Waals surface area (Å²) in [5, 5.41) is 5.99. The molecule has 0 bridgehead atoms. The van der Waals surface area contributed by atoms with Crippen LogP contribution in [0.15, 0.2) is 0 Å². The van der Waals surface area contributed by atoms with Crippen molar-refractivity contribution in [1.82, 2.24) is 10.6 Å². The molecule has 0 aliphatic carbocycles. The van der Waals surface area contributed by atoms with E-state index in [1.165, 1.54) is 0 Å². The zero-order chi connectivity index (χ0) is 11.7. The van der Waals surface area contributed by atoms with Crippen LogP contribution >= 0.6 is 0 Å². The molecular weight excluding hydrogens is 212 g/mol. The minimum atomic E-state index is -0.823. The summed E-state index contributed by atoms with van der Waals surface area (Å²) >= 11 is 0. The second-order valence-corrected chi connectivity index (χ2v) is 5.39. The molecule has 0 spiro atoms. The van der Waals surface area contributed by atoms with Crippen LogP contribution in [-0.2, 0) is 15.6 Å². The first-order chi connectivity index (χ1) is 7.02. The van der Waals surface area contributed by atoms with Crippen molar-refractivity contribution in [1.29, 1.82) is 0 Å². The molecule has 0 saturated heterocycles. The van der Waals surface area contributed by atoms with Gasteiger partial charge in [-0.1, -0.05) is 13.8 Å². The molecule has 1 amide bonds. The van der Waals surface area contributed by atoms with Gasteiger partial charge in [0.1, 0.15) is 0 Å². The molecule has 1 atom stereocenters. The quantitative estimate of drug-likeness (QED) is 0.592. The third-order valence-corrected chi connectivity index (χ3v) is 2.62. The van der Waals surface area contributed by atoms with Crippen molar-refractivity contribution < 1.29 is 9.00 Å². The summed E-state index contributed by atoms with van der Waals surface area (Å²) in [6.45, 7) is 5.54. The van der Waals surface area contributed by atoms with Crippen molar-refractivity contribution in [3.05, 3.63) is 0 Å². The Bertz CT molecular complexity index is 208. The fourth-order valence-corrected chi connectivity index (χ4v) is 1.45. The zero-order valence-corrected chi connectivity index (χ0v) is 10.7. The molecule has 1 unspecified atom stereocenters. The Hall–Kier alpha value is -0.420. The first-order valence-electron chi connectivity index (χ1n) is 5.32. The van der Waals surface area contributed by atoms with Gasteiger partial charge in [0.25, 0.3) is 0 Å². The van der Waals surface area contributed by atoms with Gasteiger partial charge in [0.2, 0.25) is 5.91 Å². The summed E-state index contributed by atoms with van der Waals surface area (Å²) in [7, 11) is -0.823. The summed E-state index contributed by atoms with van der Waals surface area (Å²) in [6.07, 6.45) is 3.02. The van der Waals surface area contributed by atoms with E-state index in [1.807, 2.05) is 0 Å². The van der Waals surface area contributed by atoms with Crippen LogP contribution in [0.2, 0.25) is 0 Å². The first-order valence-corrected chi connectivity index (χ1v) is 7.05. The lowest BCUT2D eigenvalue weighted by molar-refractivity contribution is -0.121. The van der Waals surface area contributed by atoms with Gasteiger partial charge < -0.3 is 10.6 Å². The molecule has 0 radical (unpaired) electrons. The molecule has 0 saturated carbocycles. The third kappa shape index (κ3) is 11.5. The first kappa shape index (κ1) is 14.6. The van der Waals surface area contributed by atoms with E-state index in [9.17, 15) is 9.00 Å². The maximum Gasteiger partial charge on any atom is 0.220 e. The highest BCUT2D eigenvalue weighted by atomic mass is 32.2. The van der Waals surface area contributed by atoms with Gasteiger partial charge in [0, 0.05) is 41.8 Å². The summed E-state index contributed by atoms with van der Waals surface area (Å²) < 4.78 is 10.7. The van der Waals surface area contributed by atoms with Crippen LogP contribution in [0.1, 0.15) is 26.7 Å². The fraction of sp³-hybridized carbons (Fsp3) is 0.900. The second kappa shape index (κ2) is 8.85. The number of carbonyl (C=O) groups excluding carboxylic acids is 1. The van der Waals surface area contributed by atoms with E-state index in [1.54, 1.807) is 6.26 Å². The highest BCUT2D eigenvalue weighted by Crippen LogP contribution is 1.88. The van der Waals surface area contributed by atoms with Crippen LogP contribution < -0.4 is 10.6 Å². The van der Waals surface area contributed by atoms with Gasteiger partial charge in [-0.15, -0.1) is 0 Å². The van der Waals surface area contributed by atoms with E-state index in [4.69, 9.17) is 0 Å². The normalized spacial score (nSPS) is 12.8. The van der Waals surface area contributed by atoms with Gasteiger partial charge in [-0.3, -0.25) is 9.00 Å². The summed E-state index contributed by atoms with van der Waals surface area (Å²) in [5.41, 5.74) is 0. The van der Waals surface area contributed by atoms with Gasteiger partial charge >= 0.3 is 0 Å². The highest BCUT2D eigenvalue weighted by Gasteiger charge is 2.01. The van der Waals surface area contributed by atoms with Crippen molar-refractivity contribution in [2.24, 2.45) is 0 Å². The van der Waals surface area contributed by atoms with E-state index >= 15 is 0 Å². The lowest BCUT2D eigenvalue weighted by Gasteiger charge is -2.07. The molecule has 4 nitrogen and oxygen atoms in total. The summed E-state index contributed by atoms with van der Waals surface area (Å²) in [6, 6.07) is 0.468. The average molecular weight is 234 g/mol. The average Bonchev–Trinajstić information content (AvgIpc) is 2.11. The molecule has 0 rings (SSSR count). The maximum absolute atomic E-state index is 11.2. The SMILES string of the molecule is CC(C)NCCCC(=O)NCCS(C)=O. The molecule has 0 heterocycles. The number of hydrogen-bond acceptors (Lipinski definition) is 3. The second-order valence-electron chi connectivity index (χ2n) is 3.84. The smallest absolute Gasteiger partial charge is 0.220 e. The van der Waals surface area contributed by atoms with Gasteiger partial charge in [-0.05, 0) is 13.0 Å². The van der Waals surface area contributed by atoms with E-state index < -0.39 is 10.8 Å². The van der Waals surface area contributed by atoms with Crippen LogP contribution in [-0.4, -0.2) is 41.3 Å². The molecule has 5 heteroatoms. The molecule has 0 aliphatic heterocycles. The Kier molecular flexibility index (Phi) is 8.61. The van der Waals surface area contributed by atoms with Crippen LogP contribution in [0.5, 0.6) is 0 Å². The molecule has 90 valence electrons. The van der Waals surface area contributed by atoms with Crippen LogP contribution in [0, 0.1) is 0 Å². The lowest BCUT2D eigenvalue weighted by Crippen LogP contribution is -2.29. The van der Waals surface area contributed by atoms with Crippen molar-refractivity contribution in [3.8, 4) is 0 Å². The van der Waals surface area contributed by atoms with Gasteiger partial charge in [0.15, 0.2) is 0 Å². The molecule has 2 N–H and O–H groups in total. The fourth-order valence-electron chi connectivity index (χ4n) is 1.06.